The van der Waals surface area contributed by atoms with Gasteiger partial charge >= 0.3 is 0 Å². The Morgan fingerprint density at radius 1 is 1.05 bits per heavy atom. The first kappa shape index (κ1) is 12.7. The molecule has 0 aliphatic rings. The lowest BCUT2D eigenvalue weighted by Gasteiger charge is -2.11. The van der Waals surface area contributed by atoms with E-state index in [4.69, 9.17) is 22.1 Å². The van der Waals surface area contributed by atoms with Crippen molar-refractivity contribution in [3.05, 3.63) is 59.5 Å². The van der Waals surface area contributed by atoms with Crippen LogP contribution >= 0.6 is 11.6 Å². The lowest BCUT2D eigenvalue weighted by molar-refractivity contribution is 0.446. The fourth-order valence-corrected chi connectivity index (χ4v) is 2.10. The van der Waals surface area contributed by atoms with Crippen molar-refractivity contribution in [1.82, 2.24) is 4.98 Å². The Bertz CT molecular complexity index is 792. The minimum atomic E-state index is -0.594. The van der Waals surface area contributed by atoms with Gasteiger partial charge in [0.15, 0.2) is 11.6 Å². The fourth-order valence-electron chi connectivity index (χ4n) is 1.94. The van der Waals surface area contributed by atoms with E-state index in [2.05, 4.69) is 4.98 Å². The van der Waals surface area contributed by atoms with E-state index < -0.39 is 5.82 Å². The highest BCUT2D eigenvalue weighted by atomic mass is 35.5. The molecule has 0 saturated carbocycles. The van der Waals surface area contributed by atoms with Gasteiger partial charge in [0, 0.05) is 11.6 Å². The third-order valence-electron chi connectivity index (χ3n) is 2.90. The third kappa shape index (κ3) is 2.14. The molecular weight excluding hydrogens is 279 g/mol. The Kier molecular flexibility index (Phi) is 3.16. The lowest BCUT2D eigenvalue weighted by Crippen LogP contribution is -1.94. The standard InChI is InChI=1S/C15H10ClFN2O/c16-10-4-1-5-13(14(10)17)20-12-7-6-11(18)15-9(12)3-2-8-19-15/h1-8H,18H2. The highest BCUT2D eigenvalue weighted by Gasteiger charge is 2.11. The van der Waals surface area contributed by atoms with Gasteiger partial charge in [0.05, 0.1) is 16.2 Å². The molecule has 3 nitrogen and oxygen atoms in total. The molecule has 2 aromatic carbocycles. The molecule has 2 N–H and O–H groups in total. The Hall–Kier alpha value is -2.33. The minimum Gasteiger partial charge on any atom is -0.454 e. The first-order valence-corrected chi connectivity index (χ1v) is 6.29. The highest BCUT2D eigenvalue weighted by Crippen LogP contribution is 2.34. The van der Waals surface area contributed by atoms with Crippen LogP contribution in [-0.4, -0.2) is 4.98 Å². The topological polar surface area (TPSA) is 48.1 Å². The molecule has 1 aromatic heterocycles. The molecule has 5 heteroatoms. The van der Waals surface area contributed by atoms with Crippen LogP contribution in [0.5, 0.6) is 11.5 Å². The molecule has 0 saturated heterocycles. The maximum atomic E-state index is 13.9. The molecule has 3 aromatic rings. The molecule has 0 atom stereocenters. The van der Waals surface area contributed by atoms with Crippen LogP contribution < -0.4 is 10.5 Å². The molecule has 3 rings (SSSR count). The second-order valence-electron chi connectivity index (χ2n) is 4.21. The molecule has 0 aliphatic carbocycles. The number of benzene rings is 2. The van der Waals surface area contributed by atoms with Gasteiger partial charge in [-0.05, 0) is 36.4 Å². The van der Waals surface area contributed by atoms with E-state index in [0.29, 0.717) is 22.3 Å². The van der Waals surface area contributed by atoms with Crippen LogP contribution in [-0.2, 0) is 0 Å². The second-order valence-corrected chi connectivity index (χ2v) is 4.61. The number of pyridine rings is 1. The van der Waals surface area contributed by atoms with Crippen molar-refractivity contribution in [2.75, 3.05) is 5.73 Å². The summed E-state index contributed by atoms with van der Waals surface area (Å²) < 4.78 is 19.5. The van der Waals surface area contributed by atoms with Crippen LogP contribution in [0.25, 0.3) is 10.9 Å². The molecule has 0 amide bonds. The molecule has 0 aliphatic heterocycles. The summed E-state index contributed by atoms with van der Waals surface area (Å²) in [6, 6.07) is 11.5. The molecule has 20 heavy (non-hydrogen) atoms. The molecule has 0 spiro atoms. The molecule has 0 fully saturated rings. The summed E-state index contributed by atoms with van der Waals surface area (Å²) >= 11 is 5.74. The Balaban J connectivity index is 2.12. The summed E-state index contributed by atoms with van der Waals surface area (Å²) in [5, 5.41) is 0.729. The number of nitrogen functional groups attached to an aromatic ring is 1. The van der Waals surface area contributed by atoms with Gasteiger partial charge in [-0.1, -0.05) is 17.7 Å². The second kappa shape index (κ2) is 4.98. The van der Waals surface area contributed by atoms with Crippen molar-refractivity contribution < 1.29 is 9.13 Å². The zero-order valence-electron chi connectivity index (χ0n) is 10.3. The van der Waals surface area contributed by atoms with Crippen molar-refractivity contribution in [1.29, 1.82) is 0 Å². The van der Waals surface area contributed by atoms with Gasteiger partial charge in [0.25, 0.3) is 0 Å². The summed E-state index contributed by atoms with van der Waals surface area (Å²) in [5.41, 5.74) is 7.02. The maximum Gasteiger partial charge on any atom is 0.184 e. The number of fused-ring (bicyclic) bond motifs is 1. The van der Waals surface area contributed by atoms with Gasteiger partial charge in [-0.25, -0.2) is 4.39 Å². The minimum absolute atomic E-state index is 0.0142. The predicted molar refractivity (Wildman–Crippen MR) is 77.6 cm³/mol. The normalized spacial score (nSPS) is 10.7. The van der Waals surface area contributed by atoms with E-state index in [0.717, 1.165) is 0 Å². The summed E-state index contributed by atoms with van der Waals surface area (Å²) in [4.78, 5) is 4.20. The number of nitrogens with zero attached hydrogens (tertiary/aromatic N) is 1. The van der Waals surface area contributed by atoms with Crippen LogP contribution in [0.4, 0.5) is 10.1 Å². The summed E-state index contributed by atoms with van der Waals surface area (Å²) in [7, 11) is 0. The van der Waals surface area contributed by atoms with Gasteiger partial charge < -0.3 is 10.5 Å². The fraction of sp³-hybridized carbons (Fsp3) is 0. The zero-order chi connectivity index (χ0) is 14.1. The van der Waals surface area contributed by atoms with E-state index in [1.54, 1.807) is 30.5 Å². The van der Waals surface area contributed by atoms with Crippen LogP contribution in [0.15, 0.2) is 48.7 Å². The van der Waals surface area contributed by atoms with Crippen molar-refractivity contribution in [2.24, 2.45) is 0 Å². The molecule has 0 unspecified atom stereocenters. The Labute approximate surface area is 119 Å². The van der Waals surface area contributed by atoms with Crippen LogP contribution in [0.3, 0.4) is 0 Å². The quantitative estimate of drug-likeness (QED) is 0.711. The largest absolute Gasteiger partial charge is 0.454 e. The van der Waals surface area contributed by atoms with E-state index in [9.17, 15) is 4.39 Å². The molecular formula is C15H10ClFN2O. The van der Waals surface area contributed by atoms with Gasteiger partial charge in [-0.3, -0.25) is 4.98 Å². The zero-order valence-corrected chi connectivity index (χ0v) is 11.1. The summed E-state index contributed by atoms with van der Waals surface area (Å²) in [6.45, 7) is 0. The number of hydrogen-bond donors (Lipinski definition) is 1. The number of rotatable bonds is 2. The van der Waals surface area contributed by atoms with Crippen molar-refractivity contribution >= 4 is 28.2 Å². The first-order valence-electron chi connectivity index (χ1n) is 5.92. The monoisotopic (exact) mass is 288 g/mol. The van der Waals surface area contributed by atoms with E-state index in [1.165, 1.54) is 12.1 Å². The average Bonchev–Trinajstić information content (AvgIpc) is 2.47. The van der Waals surface area contributed by atoms with Gasteiger partial charge in [0.2, 0.25) is 0 Å². The third-order valence-corrected chi connectivity index (χ3v) is 3.19. The van der Waals surface area contributed by atoms with E-state index >= 15 is 0 Å². The van der Waals surface area contributed by atoms with Gasteiger partial charge in [0.1, 0.15) is 5.75 Å². The van der Waals surface area contributed by atoms with Crippen LogP contribution in [0.2, 0.25) is 5.02 Å². The van der Waals surface area contributed by atoms with Crippen LogP contribution in [0, 0.1) is 5.82 Å². The summed E-state index contributed by atoms with van der Waals surface area (Å²) in [6.07, 6.45) is 1.64. The summed E-state index contributed by atoms with van der Waals surface area (Å²) in [5.74, 6) is -0.0566. The first-order chi connectivity index (χ1) is 9.66. The smallest absolute Gasteiger partial charge is 0.184 e. The highest BCUT2D eigenvalue weighted by molar-refractivity contribution is 6.30. The molecule has 100 valence electrons. The predicted octanol–water partition coefficient (Wildman–Crippen LogP) is 4.40. The molecule has 1 heterocycles. The number of halogens is 2. The number of ether oxygens (including phenoxy) is 1. The molecule has 0 bridgehead atoms. The van der Waals surface area contributed by atoms with Crippen molar-refractivity contribution in [3.8, 4) is 11.5 Å². The van der Waals surface area contributed by atoms with Crippen LogP contribution in [0.1, 0.15) is 0 Å². The average molecular weight is 289 g/mol. The van der Waals surface area contributed by atoms with Gasteiger partial charge in [-0.15, -0.1) is 0 Å². The number of anilines is 1. The Morgan fingerprint density at radius 2 is 1.90 bits per heavy atom. The van der Waals surface area contributed by atoms with Gasteiger partial charge in [-0.2, -0.15) is 0 Å². The van der Waals surface area contributed by atoms with Crippen molar-refractivity contribution in [2.45, 2.75) is 0 Å². The van der Waals surface area contributed by atoms with Crippen molar-refractivity contribution in [3.63, 3.8) is 0 Å². The number of aromatic nitrogens is 1. The maximum absolute atomic E-state index is 13.9. The lowest BCUT2D eigenvalue weighted by atomic mass is 10.1. The van der Waals surface area contributed by atoms with E-state index in [1.807, 2.05) is 6.07 Å². The number of hydrogen-bond acceptors (Lipinski definition) is 3. The molecule has 0 radical (unpaired) electrons. The van der Waals surface area contributed by atoms with E-state index in [-0.39, 0.29) is 10.8 Å². The SMILES string of the molecule is Nc1ccc(Oc2cccc(Cl)c2F)c2cccnc12. The number of nitrogens with two attached hydrogens (primary N) is 1. The Morgan fingerprint density at radius 3 is 2.75 bits per heavy atom.